The van der Waals surface area contributed by atoms with Crippen molar-refractivity contribution < 1.29 is 4.79 Å². The molecule has 2 rings (SSSR count). The third-order valence-corrected chi connectivity index (χ3v) is 3.82. The van der Waals surface area contributed by atoms with Crippen molar-refractivity contribution in [3.05, 3.63) is 35.4 Å². The molecule has 0 atom stereocenters. The number of carbonyl (C=O) groups excluding carboxylic acids is 1. The second-order valence-corrected chi connectivity index (χ2v) is 5.64. The molecule has 1 saturated heterocycles. The van der Waals surface area contributed by atoms with Gasteiger partial charge in [-0.1, -0.05) is 38.1 Å². The fourth-order valence-electron chi connectivity index (χ4n) is 2.44. The van der Waals surface area contributed by atoms with Crippen LogP contribution in [0.3, 0.4) is 0 Å². The van der Waals surface area contributed by atoms with Crippen LogP contribution in [0.15, 0.2) is 24.3 Å². The largest absolute Gasteiger partial charge is 0.352 e. The van der Waals surface area contributed by atoms with Crippen LogP contribution in [0, 0.1) is 5.92 Å². The Balaban J connectivity index is 0.00000200. The molecule has 20 heavy (non-hydrogen) atoms. The number of carbonyl (C=O) groups is 1. The smallest absolute Gasteiger partial charge is 0.223 e. The van der Waals surface area contributed by atoms with E-state index in [9.17, 15) is 4.79 Å². The molecule has 0 aliphatic carbocycles. The maximum absolute atomic E-state index is 12.0. The first-order valence-electron chi connectivity index (χ1n) is 7.24. The van der Waals surface area contributed by atoms with E-state index < -0.39 is 0 Å². The van der Waals surface area contributed by atoms with Gasteiger partial charge in [0.05, 0.1) is 0 Å². The number of piperidine rings is 1. The number of hydrogen-bond acceptors (Lipinski definition) is 2. The van der Waals surface area contributed by atoms with Crippen LogP contribution >= 0.6 is 12.4 Å². The van der Waals surface area contributed by atoms with Crippen molar-refractivity contribution >= 4 is 18.3 Å². The number of hydrogen-bond donors (Lipinski definition) is 2. The first-order chi connectivity index (χ1) is 9.16. The Morgan fingerprint density at radius 1 is 1.25 bits per heavy atom. The quantitative estimate of drug-likeness (QED) is 0.897. The summed E-state index contributed by atoms with van der Waals surface area (Å²) in [4.78, 5) is 12.0. The molecule has 2 N–H and O–H groups in total. The van der Waals surface area contributed by atoms with Crippen molar-refractivity contribution in [2.45, 2.75) is 39.2 Å². The summed E-state index contributed by atoms with van der Waals surface area (Å²) in [5.41, 5.74) is 2.51. The van der Waals surface area contributed by atoms with Crippen LogP contribution in [0.1, 0.15) is 43.7 Å². The van der Waals surface area contributed by atoms with E-state index in [0.29, 0.717) is 12.5 Å². The predicted molar refractivity (Wildman–Crippen MR) is 85.2 cm³/mol. The van der Waals surface area contributed by atoms with Gasteiger partial charge in [0, 0.05) is 12.5 Å². The summed E-state index contributed by atoms with van der Waals surface area (Å²) in [5, 5.41) is 6.33. The van der Waals surface area contributed by atoms with Crippen LogP contribution < -0.4 is 10.6 Å². The maximum atomic E-state index is 12.0. The summed E-state index contributed by atoms with van der Waals surface area (Å²) < 4.78 is 0. The van der Waals surface area contributed by atoms with Gasteiger partial charge in [-0.2, -0.15) is 0 Å². The van der Waals surface area contributed by atoms with E-state index in [0.717, 1.165) is 25.9 Å². The highest BCUT2D eigenvalue weighted by Crippen LogP contribution is 2.15. The van der Waals surface area contributed by atoms with E-state index in [1.54, 1.807) is 0 Å². The standard InChI is InChI=1S/C16H24N2O.ClH/c1-12(2)14-5-3-13(4-6-14)11-18-16(19)15-7-9-17-10-8-15;/h3-6,12,15,17H,7-11H2,1-2H3,(H,18,19);1H. The minimum absolute atomic E-state index is 0. The number of nitrogens with one attached hydrogen (secondary N) is 2. The van der Waals surface area contributed by atoms with Crippen LogP contribution in [0.25, 0.3) is 0 Å². The minimum atomic E-state index is 0. The molecule has 112 valence electrons. The number of halogens is 1. The molecular weight excluding hydrogens is 272 g/mol. The number of amides is 1. The molecule has 1 aliphatic heterocycles. The second-order valence-electron chi connectivity index (χ2n) is 5.64. The number of rotatable bonds is 4. The molecule has 1 aromatic carbocycles. The van der Waals surface area contributed by atoms with E-state index in [4.69, 9.17) is 0 Å². The van der Waals surface area contributed by atoms with Gasteiger partial charge in [-0.25, -0.2) is 0 Å². The highest BCUT2D eigenvalue weighted by atomic mass is 35.5. The van der Waals surface area contributed by atoms with Crippen LogP contribution in [0.4, 0.5) is 0 Å². The molecule has 0 unspecified atom stereocenters. The van der Waals surface area contributed by atoms with Gasteiger partial charge >= 0.3 is 0 Å². The summed E-state index contributed by atoms with van der Waals surface area (Å²) in [6.07, 6.45) is 1.91. The predicted octanol–water partition coefficient (Wildman–Crippen LogP) is 2.85. The van der Waals surface area contributed by atoms with Gasteiger partial charge in [-0.3, -0.25) is 4.79 Å². The van der Waals surface area contributed by atoms with E-state index in [1.807, 2.05) is 0 Å². The average molecular weight is 297 g/mol. The van der Waals surface area contributed by atoms with Gasteiger partial charge in [0.25, 0.3) is 0 Å². The molecule has 1 fully saturated rings. The summed E-state index contributed by atoms with van der Waals surface area (Å²) in [7, 11) is 0. The van der Waals surface area contributed by atoms with Crippen LogP contribution in [-0.4, -0.2) is 19.0 Å². The monoisotopic (exact) mass is 296 g/mol. The summed E-state index contributed by atoms with van der Waals surface area (Å²) >= 11 is 0. The second kappa shape index (κ2) is 8.28. The lowest BCUT2D eigenvalue weighted by Crippen LogP contribution is -2.37. The topological polar surface area (TPSA) is 41.1 Å². The Hall–Kier alpha value is -1.06. The van der Waals surface area contributed by atoms with E-state index in [1.165, 1.54) is 11.1 Å². The molecule has 1 amide bonds. The van der Waals surface area contributed by atoms with E-state index in [2.05, 4.69) is 48.7 Å². The molecule has 3 nitrogen and oxygen atoms in total. The summed E-state index contributed by atoms with van der Waals surface area (Å²) in [5.74, 6) is 0.948. The molecule has 0 bridgehead atoms. The maximum Gasteiger partial charge on any atom is 0.223 e. The fourth-order valence-corrected chi connectivity index (χ4v) is 2.44. The average Bonchev–Trinajstić information content (AvgIpc) is 2.46. The number of benzene rings is 1. The summed E-state index contributed by atoms with van der Waals surface area (Å²) in [6, 6.07) is 8.52. The van der Waals surface area contributed by atoms with Crippen molar-refractivity contribution in [3.8, 4) is 0 Å². The highest BCUT2D eigenvalue weighted by molar-refractivity contribution is 5.85. The van der Waals surface area contributed by atoms with E-state index in [-0.39, 0.29) is 24.2 Å². The van der Waals surface area contributed by atoms with Crippen LogP contribution in [0.2, 0.25) is 0 Å². The van der Waals surface area contributed by atoms with Crippen LogP contribution in [-0.2, 0) is 11.3 Å². The van der Waals surface area contributed by atoms with Crippen molar-refractivity contribution in [1.29, 1.82) is 0 Å². The SMILES string of the molecule is CC(C)c1ccc(CNC(=O)C2CCNCC2)cc1.Cl. The zero-order valence-corrected chi connectivity index (χ0v) is 13.1. The highest BCUT2D eigenvalue weighted by Gasteiger charge is 2.20. The Kier molecular flexibility index (Phi) is 7.03. The molecule has 1 heterocycles. The molecule has 1 aromatic rings. The third kappa shape index (κ3) is 4.80. The van der Waals surface area contributed by atoms with Gasteiger partial charge in [0.2, 0.25) is 5.91 Å². The Morgan fingerprint density at radius 3 is 2.40 bits per heavy atom. The Bertz CT molecular complexity index is 411. The molecule has 0 saturated carbocycles. The van der Waals surface area contributed by atoms with Gasteiger partial charge in [0.1, 0.15) is 0 Å². The minimum Gasteiger partial charge on any atom is -0.352 e. The lowest BCUT2D eigenvalue weighted by atomic mass is 9.97. The van der Waals surface area contributed by atoms with Crippen molar-refractivity contribution in [2.24, 2.45) is 5.92 Å². The molecule has 0 spiro atoms. The van der Waals surface area contributed by atoms with Gasteiger partial charge in [-0.05, 0) is 43.0 Å². The molecule has 0 aromatic heterocycles. The Morgan fingerprint density at radius 2 is 1.85 bits per heavy atom. The fraction of sp³-hybridized carbons (Fsp3) is 0.562. The zero-order chi connectivity index (χ0) is 13.7. The lowest BCUT2D eigenvalue weighted by molar-refractivity contribution is -0.125. The normalized spacial score (nSPS) is 15.8. The molecule has 1 aliphatic rings. The van der Waals surface area contributed by atoms with Gasteiger partial charge in [0.15, 0.2) is 0 Å². The molecular formula is C16H25ClN2O. The first-order valence-corrected chi connectivity index (χ1v) is 7.24. The van der Waals surface area contributed by atoms with Crippen molar-refractivity contribution in [2.75, 3.05) is 13.1 Å². The zero-order valence-electron chi connectivity index (χ0n) is 12.3. The first kappa shape index (κ1) is 17.0. The van der Waals surface area contributed by atoms with Crippen LogP contribution in [0.5, 0.6) is 0 Å². The summed E-state index contributed by atoms with van der Waals surface area (Å²) in [6.45, 7) is 6.94. The van der Waals surface area contributed by atoms with Crippen molar-refractivity contribution in [3.63, 3.8) is 0 Å². The third-order valence-electron chi connectivity index (χ3n) is 3.82. The lowest BCUT2D eigenvalue weighted by Gasteiger charge is -2.21. The molecule has 4 heteroatoms. The van der Waals surface area contributed by atoms with Gasteiger partial charge in [-0.15, -0.1) is 12.4 Å². The van der Waals surface area contributed by atoms with Crippen molar-refractivity contribution in [1.82, 2.24) is 10.6 Å². The molecule has 0 radical (unpaired) electrons. The van der Waals surface area contributed by atoms with Gasteiger partial charge < -0.3 is 10.6 Å². The Labute approximate surface area is 127 Å². The van der Waals surface area contributed by atoms with E-state index >= 15 is 0 Å².